The molecule has 1 aliphatic heterocycles. The number of oxazole rings is 1. The van der Waals surface area contributed by atoms with Gasteiger partial charge in [0, 0.05) is 27.0 Å². The van der Waals surface area contributed by atoms with Crippen molar-refractivity contribution in [3.05, 3.63) is 99.7 Å². The number of nitrogens with zero attached hydrogens (tertiary/aromatic N) is 2. The molecular weight excluding hydrogens is 485 g/mol. The third-order valence-corrected chi connectivity index (χ3v) is 6.11. The second-order valence-corrected chi connectivity index (χ2v) is 8.69. The number of rotatable bonds is 5. The molecule has 1 unspecified atom stereocenters. The molecule has 4 aromatic rings. The molecule has 1 atom stereocenters. The van der Waals surface area contributed by atoms with E-state index in [1.807, 2.05) is 49.4 Å². The van der Waals surface area contributed by atoms with E-state index in [-0.39, 0.29) is 11.9 Å². The van der Waals surface area contributed by atoms with Crippen molar-refractivity contribution in [2.45, 2.75) is 19.4 Å². The van der Waals surface area contributed by atoms with Gasteiger partial charge in [0.05, 0.1) is 5.57 Å². The van der Waals surface area contributed by atoms with Crippen LogP contribution in [0.1, 0.15) is 24.9 Å². The first-order valence-corrected chi connectivity index (χ1v) is 11.8. The summed E-state index contributed by atoms with van der Waals surface area (Å²) in [5, 5.41) is 10.3. The molecule has 9 heteroatoms. The zero-order valence-electron chi connectivity index (χ0n) is 18.7. The highest BCUT2D eigenvalue weighted by Gasteiger charge is 2.32. The zero-order valence-corrected chi connectivity index (χ0v) is 20.2. The molecule has 1 amide bonds. The second-order valence-electron chi connectivity index (χ2n) is 7.85. The van der Waals surface area contributed by atoms with E-state index in [9.17, 15) is 4.79 Å². The van der Waals surface area contributed by atoms with Crippen LogP contribution in [0.2, 0.25) is 10.0 Å². The van der Waals surface area contributed by atoms with E-state index in [1.54, 1.807) is 30.3 Å². The van der Waals surface area contributed by atoms with Crippen molar-refractivity contribution in [1.82, 2.24) is 10.3 Å². The van der Waals surface area contributed by atoms with Gasteiger partial charge in [-0.25, -0.2) is 4.99 Å². The van der Waals surface area contributed by atoms with Crippen molar-refractivity contribution >= 4 is 57.9 Å². The lowest BCUT2D eigenvalue weighted by Crippen LogP contribution is -2.38. The predicted molar refractivity (Wildman–Crippen MR) is 140 cm³/mol. The molecule has 2 heterocycles. The number of halogens is 2. The molecule has 7 nitrogen and oxygen atoms in total. The summed E-state index contributed by atoms with van der Waals surface area (Å²) in [4.78, 5) is 22.8. The number of amides is 1. The molecule has 5 rings (SSSR count). The van der Waals surface area contributed by atoms with Crippen LogP contribution in [-0.2, 0) is 4.79 Å². The van der Waals surface area contributed by atoms with Crippen molar-refractivity contribution in [2.24, 2.45) is 4.99 Å². The molecule has 0 radical (unpaired) electrons. The van der Waals surface area contributed by atoms with Crippen LogP contribution >= 0.6 is 23.2 Å². The van der Waals surface area contributed by atoms with E-state index < -0.39 is 6.04 Å². The highest BCUT2D eigenvalue weighted by molar-refractivity contribution is 6.31. The summed E-state index contributed by atoms with van der Waals surface area (Å²) in [7, 11) is 0. The first kappa shape index (κ1) is 23.0. The minimum atomic E-state index is -0.661. The Labute approximate surface area is 211 Å². The van der Waals surface area contributed by atoms with E-state index in [0.29, 0.717) is 50.5 Å². The number of guanidine groups is 1. The van der Waals surface area contributed by atoms with E-state index in [0.717, 1.165) is 5.52 Å². The Morgan fingerprint density at radius 1 is 1.06 bits per heavy atom. The van der Waals surface area contributed by atoms with Gasteiger partial charge in [-0.2, -0.15) is 4.98 Å². The van der Waals surface area contributed by atoms with Crippen LogP contribution in [0, 0.1) is 0 Å². The van der Waals surface area contributed by atoms with Gasteiger partial charge in [-0.05, 0) is 42.8 Å². The first-order chi connectivity index (χ1) is 17.0. The molecule has 1 aromatic heterocycles. The Bertz CT molecular complexity index is 1440. The average Bonchev–Trinajstić information content (AvgIpc) is 3.26. The van der Waals surface area contributed by atoms with Crippen LogP contribution in [0.25, 0.3) is 11.1 Å². The predicted octanol–water partition coefficient (Wildman–Crippen LogP) is 6.55. The van der Waals surface area contributed by atoms with E-state index >= 15 is 0 Å². The van der Waals surface area contributed by atoms with Gasteiger partial charge in [-0.1, -0.05) is 66.5 Å². The molecule has 0 saturated carbocycles. The second kappa shape index (κ2) is 9.82. The Hall–Kier alpha value is -3.81. The molecule has 0 fully saturated rings. The number of para-hydroxylation sites is 2. The number of aromatic nitrogens is 1. The number of allylic oxidation sites excluding steroid dienone is 1. The fourth-order valence-electron chi connectivity index (χ4n) is 3.92. The highest BCUT2D eigenvalue weighted by Crippen LogP contribution is 2.36. The largest absolute Gasteiger partial charge is 0.423 e. The fraction of sp³-hybridized carbons (Fsp3) is 0.115. The van der Waals surface area contributed by atoms with Gasteiger partial charge in [0.15, 0.2) is 5.58 Å². The van der Waals surface area contributed by atoms with Crippen molar-refractivity contribution in [1.29, 1.82) is 0 Å². The minimum absolute atomic E-state index is 0.289. The Balaban J connectivity index is 1.52. The van der Waals surface area contributed by atoms with Crippen LogP contribution in [0.15, 0.2) is 93.5 Å². The number of fused-ring (bicyclic) bond motifs is 1. The van der Waals surface area contributed by atoms with Crippen LogP contribution in [-0.4, -0.2) is 16.9 Å². The number of hydrogen-bond acceptors (Lipinski definition) is 6. The molecule has 0 saturated heterocycles. The van der Waals surface area contributed by atoms with E-state index in [2.05, 4.69) is 20.9 Å². The van der Waals surface area contributed by atoms with Gasteiger partial charge in [0.25, 0.3) is 5.91 Å². The van der Waals surface area contributed by atoms with Gasteiger partial charge < -0.3 is 15.1 Å². The topological polar surface area (TPSA) is 91.5 Å². The Kier molecular flexibility index (Phi) is 6.44. The maximum atomic E-state index is 13.5. The SMILES string of the molecule is CCC1=C(C(=O)Nc2cccc(Cl)c2)C(c2ccccc2Cl)N=C(Nc2nc3ccccc3o2)N1. The number of hydrogen-bond donors (Lipinski definition) is 3. The van der Waals surface area contributed by atoms with Gasteiger partial charge in [0.1, 0.15) is 11.6 Å². The molecule has 1 aliphatic rings. The van der Waals surface area contributed by atoms with Gasteiger partial charge >= 0.3 is 6.01 Å². The smallest absolute Gasteiger partial charge is 0.302 e. The highest BCUT2D eigenvalue weighted by atomic mass is 35.5. The summed E-state index contributed by atoms with van der Waals surface area (Å²) in [5.41, 5.74) is 3.83. The quantitative estimate of drug-likeness (QED) is 0.286. The van der Waals surface area contributed by atoms with Gasteiger partial charge in [-0.15, -0.1) is 0 Å². The van der Waals surface area contributed by atoms with Gasteiger partial charge in [-0.3, -0.25) is 10.1 Å². The molecule has 35 heavy (non-hydrogen) atoms. The summed E-state index contributed by atoms with van der Waals surface area (Å²) in [6.45, 7) is 1.96. The number of carbonyl (C=O) groups is 1. The Morgan fingerprint density at radius 3 is 2.63 bits per heavy atom. The molecule has 0 aliphatic carbocycles. The summed E-state index contributed by atoms with van der Waals surface area (Å²) in [6.07, 6.45) is 0.549. The molecule has 3 N–H and O–H groups in total. The third-order valence-electron chi connectivity index (χ3n) is 5.53. The monoisotopic (exact) mass is 505 g/mol. The standard InChI is InChI=1S/C26H21Cl2N5O2/c1-2-19-22(24(34)29-16-9-7-8-15(27)14-16)23(17-10-3-4-11-18(17)28)32-25(30-19)33-26-31-20-12-5-6-13-21(20)35-26/h3-14,23H,2H2,1H3,(H,29,34)(H2,30,31,32,33). The normalized spacial score (nSPS) is 15.5. The number of benzene rings is 3. The lowest BCUT2D eigenvalue weighted by molar-refractivity contribution is -0.113. The fourth-order valence-corrected chi connectivity index (χ4v) is 4.35. The number of nitrogens with one attached hydrogen (secondary N) is 3. The Morgan fingerprint density at radius 2 is 1.86 bits per heavy atom. The summed E-state index contributed by atoms with van der Waals surface area (Å²) >= 11 is 12.7. The van der Waals surface area contributed by atoms with Crippen molar-refractivity contribution in [2.75, 3.05) is 10.6 Å². The minimum Gasteiger partial charge on any atom is -0.423 e. The van der Waals surface area contributed by atoms with Crippen LogP contribution in [0.5, 0.6) is 0 Å². The maximum Gasteiger partial charge on any atom is 0.302 e. The first-order valence-electron chi connectivity index (χ1n) is 11.0. The molecule has 0 spiro atoms. The molecular formula is C26H21Cl2N5O2. The van der Waals surface area contributed by atoms with Crippen LogP contribution in [0.3, 0.4) is 0 Å². The van der Waals surface area contributed by atoms with E-state index in [1.165, 1.54) is 0 Å². The van der Waals surface area contributed by atoms with Gasteiger partial charge in [0.2, 0.25) is 5.96 Å². The summed E-state index contributed by atoms with van der Waals surface area (Å²) in [5.74, 6) is 0.101. The lowest BCUT2D eigenvalue weighted by Gasteiger charge is -2.28. The molecule has 176 valence electrons. The molecule has 0 bridgehead atoms. The number of anilines is 2. The number of carbonyl (C=O) groups excluding carboxylic acids is 1. The summed E-state index contributed by atoms with van der Waals surface area (Å²) in [6, 6.07) is 21.4. The lowest BCUT2D eigenvalue weighted by atomic mass is 9.94. The van der Waals surface area contributed by atoms with Crippen molar-refractivity contribution in [3.8, 4) is 0 Å². The average molecular weight is 506 g/mol. The summed E-state index contributed by atoms with van der Waals surface area (Å²) < 4.78 is 5.79. The third kappa shape index (κ3) is 4.87. The van der Waals surface area contributed by atoms with Crippen molar-refractivity contribution in [3.63, 3.8) is 0 Å². The van der Waals surface area contributed by atoms with E-state index in [4.69, 9.17) is 32.6 Å². The van der Waals surface area contributed by atoms with Crippen LogP contribution < -0.4 is 16.0 Å². The maximum absolute atomic E-state index is 13.5. The molecule has 3 aromatic carbocycles. The van der Waals surface area contributed by atoms with Crippen LogP contribution in [0.4, 0.5) is 11.7 Å². The zero-order chi connectivity index (χ0) is 24.4. The number of aliphatic imine (C=N–C) groups is 1. The van der Waals surface area contributed by atoms with Crippen molar-refractivity contribution < 1.29 is 9.21 Å².